The standard InChI is InChI=1S/C30H26ClFN4O4/c1-3-29(39,26-15-35(2)17-34-26)22-11-24-27(25(32)12-22)30(40,21-6-8-23(31)9-7-21)36(28(24)38)14-19-5-4-18(13-33)10-20(19)16-37/h4-12,15,17,37,39-40H,3,14,16H2,1-2H3. The molecule has 4 aromatic rings. The van der Waals surface area contributed by atoms with Gasteiger partial charge in [0, 0.05) is 30.4 Å². The molecule has 0 saturated heterocycles. The topological polar surface area (TPSA) is 123 Å². The lowest BCUT2D eigenvalue weighted by Crippen LogP contribution is -2.44. The maximum atomic E-state index is 16.2. The van der Waals surface area contributed by atoms with E-state index in [1.165, 1.54) is 48.8 Å². The Balaban J connectivity index is 1.71. The van der Waals surface area contributed by atoms with Crippen LogP contribution in [0.15, 0.2) is 67.1 Å². The van der Waals surface area contributed by atoms with Crippen LogP contribution in [0.2, 0.25) is 5.02 Å². The Bertz CT molecular complexity index is 1670. The second-order valence-electron chi connectivity index (χ2n) is 9.84. The molecular formula is C30H26ClFN4O4. The molecule has 8 nitrogen and oxygen atoms in total. The highest BCUT2D eigenvalue weighted by atomic mass is 35.5. The van der Waals surface area contributed by atoms with Crippen LogP contribution in [0.4, 0.5) is 4.39 Å². The fourth-order valence-electron chi connectivity index (χ4n) is 5.29. The molecule has 0 aliphatic carbocycles. The number of amides is 1. The van der Waals surface area contributed by atoms with Gasteiger partial charge in [-0.3, -0.25) is 9.69 Å². The fraction of sp³-hybridized carbons (Fsp3) is 0.233. The molecule has 0 spiro atoms. The Morgan fingerprint density at radius 1 is 1.15 bits per heavy atom. The Morgan fingerprint density at radius 3 is 2.48 bits per heavy atom. The number of carbonyl (C=O) groups excluding carboxylic acids is 1. The first-order chi connectivity index (χ1) is 19.1. The van der Waals surface area contributed by atoms with Crippen molar-refractivity contribution in [1.29, 1.82) is 5.26 Å². The largest absolute Gasteiger partial charge is 0.392 e. The number of halogens is 2. The zero-order valence-electron chi connectivity index (χ0n) is 21.8. The van der Waals surface area contributed by atoms with Gasteiger partial charge in [0.25, 0.3) is 5.91 Å². The lowest BCUT2D eigenvalue weighted by Gasteiger charge is -2.35. The molecule has 3 aromatic carbocycles. The van der Waals surface area contributed by atoms with Crippen molar-refractivity contribution >= 4 is 17.5 Å². The summed E-state index contributed by atoms with van der Waals surface area (Å²) in [5, 5.41) is 43.5. The summed E-state index contributed by atoms with van der Waals surface area (Å²) >= 11 is 6.08. The smallest absolute Gasteiger partial charge is 0.257 e. The quantitative estimate of drug-likeness (QED) is 0.313. The lowest BCUT2D eigenvalue weighted by atomic mass is 9.84. The van der Waals surface area contributed by atoms with Gasteiger partial charge in [-0.25, -0.2) is 9.37 Å². The number of aliphatic hydroxyl groups excluding tert-OH is 1. The highest BCUT2D eigenvalue weighted by Gasteiger charge is 2.53. The number of hydrogen-bond donors (Lipinski definition) is 3. The van der Waals surface area contributed by atoms with Crippen molar-refractivity contribution in [3.63, 3.8) is 0 Å². The molecule has 2 unspecified atom stereocenters. The van der Waals surface area contributed by atoms with Gasteiger partial charge in [0.15, 0.2) is 5.72 Å². The Kier molecular flexibility index (Phi) is 6.98. The molecule has 0 saturated carbocycles. The van der Waals surface area contributed by atoms with E-state index < -0.39 is 29.7 Å². The number of imidazole rings is 1. The molecule has 1 aromatic heterocycles. The normalized spacial score (nSPS) is 17.9. The van der Waals surface area contributed by atoms with Gasteiger partial charge in [-0.15, -0.1) is 0 Å². The number of nitriles is 1. The average Bonchev–Trinajstić information content (AvgIpc) is 3.49. The number of benzene rings is 3. The molecule has 2 atom stereocenters. The highest BCUT2D eigenvalue weighted by molar-refractivity contribution is 6.30. The van der Waals surface area contributed by atoms with Crippen molar-refractivity contribution in [2.75, 3.05) is 0 Å². The van der Waals surface area contributed by atoms with Gasteiger partial charge >= 0.3 is 0 Å². The zero-order valence-corrected chi connectivity index (χ0v) is 22.5. The Morgan fingerprint density at radius 2 is 1.88 bits per heavy atom. The van der Waals surface area contributed by atoms with E-state index in [4.69, 9.17) is 11.6 Å². The average molecular weight is 561 g/mol. The Labute approximate surface area is 235 Å². The van der Waals surface area contributed by atoms with Crippen molar-refractivity contribution in [2.45, 2.75) is 37.8 Å². The summed E-state index contributed by atoms with van der Waals surface area (Å²) in [5.41, 5.74) is -2.53. The third kappa shape index (κ3) is 4.26. The number of aryl methyl sites for hydroxylation is 1. The van der Waals surface area contributed by atoms with Crippen LogP contribution in [0.25, 0.3) is 0 Å². The summed E-state index contributed by atoms with van der Waals surface area (Å²) in [6.07, 6.45) is 3.28. The predicted molar refractivity (Wildman–Crippen MR) is 144 cm³/mol. The van der Waals surface area contributed by atoms with Crippen LogP contribution < -0.4 is 0 Å². The molecule has 3 N–H and O–H groups in total. The third-order valence-corrected chi connectivity index (χ3v) is 7.76. The summed E-state index contributed by atoms with van der Waals surface area (Å²) in [7, 11) is 1.74. The summed E-state index contributed by atoms with van der Waals surface area (Å²) in [5.74, 6) is -1.56. The van der Waals surface area contributed by atoms with Gasteiger partial charge in [-0.2, -0.15) is 5.26 Å². The minimum absolute atomic E-state index is 0.116. The van der Waals surface area contributed by atoms with Crippen LogP contribution in [0.3, 0.4) is 0 Å². The highest BCUT2D eigenvalue weighted by Crippen LogP contribution is 2.47. The molecule has 40 heavy (non-hydrogen) atoms. The summed E-state index contributed by atoms with van der Waals surface area (Å²) in [4.78, 5) is 19.4. The zero-order chi connectivity index (χ0) is 28.8. The van der Waals surface area contributed by atoms with E-state index in [2.05, 4.69) is 4.98 Å². The molecule has 1 amide bonds. The maximum absolute atomic E-state index is 16.2. The molecule has 1 aliphatic rings. The molecule has 0 fully saturated rings. The van der Waals surface area contributed by atoms with Crippen LogP contribution in [0.1, 0.15) is 62.8 Å². The second-order valence-corrected chi connectivity index (χ2v) is 10.3. The number of aliphatic hydroxyl groups is 3. The molecule has 204 valence electrons. The summed E-state index contributed by atoms with van der Waals surface area (Å²) < 4.78 is 17.8. The van der Waals surface area contributed by atoms with E-state index in [9.17, 15) is 25.4 Å². The monoisotopic (exact) mass is 560 g/mol. The number of carbonyl (C=O) groups is 1. The molecule has 0 bridgehead atoms. The van der Waals surface area contributed by atoms with Gasteiger partial charge in [-0.05, 0) is 59.5 Å². The molecule has 5 rings (SSSR count). The van der Waals surface area contributed by atoms with Crippen LogP contribution in [-0.4, -0.2) is 35.7 Å². The van der Waals surface area contributed by atoms with Gasteiger partial charge in [0.05, 0.1) is 41.4 Å². The van der Waals surface area contributed by atoms with E-state index in [1.807, 2.05) is 6.07 Å². The molecule has 10 heteroatoms. The number of fused-ring (bicyclic) bond motifs is 1. The number of aromatic nitrogens is 2. The number of rotatable bonds is 7. The van der Waals surface area contributed by atoms with E-state index in [0.29, 0.717) is 21.7 Å². The molecule has 2 heterocycles. The predicted octanol–water partition coefficient (Wildman–Crippen LogP) is 4.07. The van der Waals surface area contributed by atoms with Crippen molar-refractivity contribution in [1.82, 2.24) is 14.5 Å². The minimum Gasteiger partial charge on any atom is -0.392 e. The third-order valence-electron chi connectivity index (χ3n) is 7.50. The van der Waals surface area contributed by atoms with Crippen LogP contribution >= 0.6 is 11.6 Å². The molecule has 1 aliphatic heterocycles. The van der Waals surface area contributed by atoms with E-state index in [1.54, 1.807) is 30.8 Å². The second kappa shape index (κ2) is 10.2. The van der Waals surface area contributed by atoms with E-state index >= 15 is 4.39 Å². The van der Waals surface area contributed by atoms with E-state index in [0.717, 1.165) is 11.0 Å². The van der Waals surface area contributed by atoms with Crippen molar-refractivity contribution in [3.05, 3.63) is 123 Å². The summed E-state index contributed by atoms with van der Waals surface area (Å²) in [6, 6.07) is 15.2. The van der Waals surface area contributed by atoms with Gasteiger partial charge in [0.1, 0.15) is 11.4 Å². The van der Waals surface area contributed by atoms with Crippen LogP contribution in [-0.2, 0) is 31.5 Å². The van der Waals surface area contributed by atoms with Gasteiger partial charge < -0.3 is 19.9 Å². The van der Waals surface area contributed by atoms with Crippen molar-refractivity contribution in [3.8, 4) is 6.07 Å². The maximum Gasteiger partial charge on any atom is 0.257 e. The lowest BCUT2D eigenvalue weighted by molar-refractivity contribution is -0.0564. The first-order valence-electron chi connectivity index (χ1n) is 12.5. The first kappa shape index (κ1) is 27.5. The van der Waals surface area contributed by atoms with Gasteiger partial charge in [0.2, 0.25) is 0 Å². The number of hydrogen-bond acceptors (Lipinski definition) is 6. The molecule has 0 radical (unpaired) electrons. The van der Waals surface area contributed by atoms with Crippen molar-refractivity contribution < 1.29 is 24.5 Å². The molecular weight excluding hydrogens is 535 g/mol. The summed E-state index contributed by atoms with van der Waals surface area (Å²) in [6.45, 7) is 1.10. The fourth-order valence-corrected chi connectivity index (χ4v) is 5.42. The Hall–Kier alpha value is -4.07. The first-order valence-corrected chi connectivity index (χ1v) is 12.9. The van der Waals surface area contributed by atoms with Crippen molar-refractivity contribution in [2.24, 2.45) is 7.05 Å². The van der Waals surface area contributed by atoms with Gasteiger partial charge in [-0.1, -0.05) is 36.7 Å². The number of nitrogens with zero attached hydrogens (tertiary/aromatic N) is 4. The van der Waals surface area contributed by atoms with E-state index in [-0.39, 0.29) is 40.9 Å². The SMILES string of the molecule is CCC(O)(c1cc(F)c2c(c1)C(=O)N(Cc1ccc(C#N)cc1CO)C2(O)c1ccc(Cl)cc1)c1cn(C)cn1. The van der Waals surface area contributed by atoms with Crippen LogP contribution in [0.5, 0.6) is 0 Å². The minimum atomic E-state index is -2.24. The van der Waals surface area contributed by atoms with Crippen LogP contribution in [0, 0.1) is 17.1 Å².